The molecule has 2 aromatic carbocycles. The number of furan rings is 1. The summed E-state index contributed by atoms with van der Waals surface area (Å²) >= 11 is 0. The van der Waals surface area contributed by atoms with Gasteiger partial charge in [-0.1, -0.05) is 0 Å². The molecule has 172 valence electrons. The summed E-state index contributed by atoms with van der Waals surface area (Å²) in [5.74, 6) is 1.08. The number of ketones is 1. The first-order valence-corrected chi connectivity index (χ1v) is 11.5. The molecule has 1 amide bonds. The maximum atomic E-state index is 14.5. The molecule has 1 fully saturated rings. The minimum Gasteiger partial charge on any atom is -0.484 e. The zero-order chi connectivity index (χ0) is 22.9. The zero-order valence-corrected chi connectivity index (χ0v) is 18.7. The third-order valence-corrected chi connectivity index (χ3v) is 6.62. The Morgan fingerprint density at radius 3 is 2.58 bits per heavy atom. The van der Waals surface area contributed by atoms with Crippen LogP contribution in [0.2, 0.25) is 0 Å². The third-order valence-electron chi connectivity index (χ3n) is 6.62. The molecule has 1 saturated heterocycles. The number of anilines is 1. The van der Waals surface area contributed by atoms with E-state index in [0.717, 1.165) is 36.0 Å². The first-order valence-electron chi connectivity index (χ1n) is 11.5. The van der Waals surface area contributed by atoms with Crippen molar-refractivity contribution in [2.75, 3.05) is 37.7 Å². The standard InChI is InChI=1S/C26H27FN2O4/c1-17(30)18-6-8-23(22(27)14-18)28-10-12-29(13-11-28)26(31)16-32-19-7-9-25-21(15-19)20-4-2-3-5-24(20)33-25/h6-9,14-15H,2-5,10-13,16H2,1H3. The van der Waals surface area contributed by atoms with Gasteiger partial charge in [-0.2, -0.15) is 0 Å². The van der Waals surface area contributed by atoms with Crippen molar-refractivity contribution in [1.29, 1.82) is 0 Å². The van der Waals surface area contributed by atoms with Crippen molar-refractivity contribution in [1.82, 2.24) is 4.90 Å². The van der Waals surface area contributed by atoms with Gasteiger partial charge in [-0.15, -0.1) is 0 Å². The highest BCUT2D eigenvalue weighted by molar-refractivity contribution is 5.94. The molecule has 0 bridgehead atoms. The maximum Gasteiger partial charge on any atom is 0.260 e. The topological polar surface area (TPSA) is 63.0 Å². The molecular weight excluding hydrogens is 423 g/mol. The lowest BCUT2D eigenvalue weighted by Crippen LogP contribution is -2.50. The smallest absolute Gasteiger partial charge is 0.260 e. The van der Waals surface area contributed by atoms with Gasteiger partial charge in [-0.05, 0) is 62.6 Å². The lowest BCUT2D eigenvalue weighted by atomic mass is 9.96. The van der Waals surface area contributed by atoms with E-state index in [1.807, 2.05) is 23.1 Å². The van der Waals surface area contributed by atoms with Crippen LogP contribution >= 0.6 is 0 Å². The number of ether oxygens (including phenoxy) is 1. The zero-order valence-electron chi connectivity index (χ0n) is 18.7. The summed E-state index contributed by atoms with van der Waals surface area (Å²) in [7, 11) is 0. The highest BCUT2D eigenvalue weighted by Crippen LogP contribution is 2.34. The minimum atomic E-state index is -0.414. The van der Waals surface area contributed by atoms with Crippen molar-refractivity contribution in [3.63, 3.8) is 0 Å². The molecule has 2 aliphatic rings. The van der Waals surface area contributed by atoms with Gasteiger partial charge < -0.3 is 19.0 Å². The molecule has 1 aliphatic carbocycles. The van der Waals surface area contributed by atoms with Crippen molar-refractivity contribution < 1.29 is 23.1 Å². The molecule has 0 unspecified atom stereocenters. The van der Waals surface area contributed by atoms with Crippen LogP contribution < -0.4 is 9.64 Å². The molecule has 33 heavy (non-hydrogen) atoms. The van der Waals surface area contributed by atoms with Crippen molar-refractivity contribution >= 4 is 28.3 Å². The average molecular weight is 451 g/mol. The number of rotatable bonds is 5. The monoisotopic (exact) mass is 450 g/mol. The normalized spacial score (nSPS) is 16.1. The average Bonchev–Trinajstić information content (AvgIpc) is 3.20. The van der Waals surface area contributed by atoms with Crippen molar-refractivity contribution in [3.8, 4) is 5.75 Å². The van der Waals surface area contributed by atoms with E-state index in [-0.39, 0.29) is 18.3 Å². The van der Waals surface area contributed by atoms with E-state index in [0.29, 0.717) is 43.2 Å². The number of aryl methyl sites for hydroxylation is 2. The SMILES string of the molecule is CC(=O)c1ccc(N2CCN(C(=O)COc3ccc4oc5c(c4c3)CCCC5)CC2)c(F)c1. The van der Waals surface area contributed by atoms with Crippen molar-refractivity contribution in [2.24, 2.45) is 0 Å². The lowest BCUT2D eigenvalue weighted by molar-refractivity contribution is -0.133. The maximum absolute atomic E-state index is 14.5. The number of nitrogens with zero attached hydrogens (tertiary/aromatic N) is 2. The van der Waals surface area contributed by atoms with E-state index in [2.05, 4.69) is 0 Å². The molecule has 6 nitrogen and oxygen atoms in total. The quantitative estimate of drug-likeness (QED) is 0.540. The number of amides is 1. The number of hydrogen-bond donors (Lipinski definition) is 0. The summed E-state index contributed by atoms with van der Waals surface area (Å²) in [5, 5.41) is 1.08. The summed E-state index contributed by atoms with van der Waals surface area (Å²) in [6.07, 6.45) is 4.33. The van der Waals surface area contributed by atoms with Crippen LogP contribution in [0.25, 0.3) is 11.0 Å². The number of benzene rings is 2. The van der Waals surface area contributed by atoms with E-state index in [1.165, 1.54) is 25.0 Å². The molecule has 0 N–H and O–H groups in total. The summed E-state index contributed by atoms with van der Waals surface area (Å²) in [6, 6.07) is 10.3. The Bertz CT molecular complexity index is 1210. The molecule has 1 aromatic heterocycles. The highest BCUT2D eigenvalue weighted by Gasteiger charge is 2.24. The molecule has 1 aliphatic heterocycles. The van der Waals surface area contributed by atoms with Gasteiger partial charge in [-0.25, -0.2) is 4.39 Å². The molecular formula is C26H27FN2O4. The van der Waals surface area contributed by atoms with Gasteiger partial charge in [0.1, 0.15) is 22.9 Å². The van der Waals surface area contributed by atoms with Crippen LogP contribution in [0.15, 0.2) is 40.8 Å². The number of piperazine rings is 1. The fourth-order valence-corrected chi connectivity index (χ4v) is 4.75. The Hall–Kier alpha value is -3.35. The molecule has 0 radical (unpaired) electrons. The Morgan fingerprint density at radius 2 is 1.82 bits per heavy atom. The summed E-state index contributed by atoms with van der Waals surface area (Å²) in [4.78, 5) is 27.8. The Balaban J connectivity index is 1.18. The molecule has 3 aromatic rings. The molecule has 5 rings (SSSR count). The number of halogens is 1. The highest BCUT2D eigenvalue weighted by atomic mass is 19.1. The van der Waals surface area contributed by atoms with Crippen LogP contribution in [0.1, 0.15) is 41.4 Å². The van der Waals surface area contributed by atoms with E-state index >= 15 is 0 Å². The van der Waals surface area contributed by atoms with E-state index in [9.17, 15) is 14.0 Å². The van der Waals surface area contributed by atoms with Gasteiger partial charge in [0.05, 0.1) is 5.69 Å². The van der Waals surface area contributed by atoms with Gasteiger partial charge in [0.15, 0.2) is 12.4 Å². The van der Waals surface area contributed by atoms with Crippen LogP contribution in [-0.2, 0) is 17.6 Å². The second kappa shape index (κ2) is 8.89. The van der Waals surface area contributed by atoms with E-state index in [1.54, 1.807) is 17.0 Å². The number of Topliss-reactive ketones (excluding diaryl/α,β-unsaturated/α-hetero) is 1. The van der Waals surface area contributed by atoms with E-state index in [4.69, 9.17) is 9.15 Å². The molecule has 0 spiro atoms. The van der Waals surface area contributed by atoms with Crippen LogP contribution in [0.3, 0.4) is 0 Å². The summed E-state index contributed by atoms with van der Waals surface area (Å²) < 4.78 is 26.2. The summed E-state index contributed by atoms with van der Waals surface area (Å²) in [6.45, 7) is 3.41. The van der Waals surface area contributed by atoms with Gasteiger partial charge in [0.2, 0.25) is 0 Å². The van der Waals surface area contributed by atoms with Gasteiger partial charge in [-0.3, -0.25) is 9.59 Å². The second-order valence-electron chi connectivity index (χ2n) is 8.75. The Morgan fingerprint density at radius 1 is 1.03 bits per heavy atom. The van der Waals surface area contributed by atoms with Gasteiger partial charge in [0.25, 0.3) is 5.91 Å². The van der Waals surface area contributed by atoms with Crippen LogP contribution in [0, 0.1) is 5.82 Å². The van der Waals surface area contributed by atoms with Gasteiger partial charge >= 0.3 is 0 Å². The van der Waals surface area contributed by atoms with Crippen LogP contribution in [0.4, 0.5) is 10.1 Å². The Labute approximate surface area is 191 Å². The van der Waals surface area contributed by atoms with Crippen molar-refractivity contribution in [3.05, 3.63) is 59.1 Å². The predicted octanol–water partition coefficient (Wildman–Crippen LogP) is 4.38. The molecule has 0 atom stereocenters. The largest absolute Gasteiger partial charge is 0.484 e. The van der Waals surface area contributed by atoms with Crippen LogP contribution in [-0.4, -0.2) is 49.4 Å². The van der Waals surface area contributed by atoms with Crippen molar-refractivity contribution in [2.45, 2.75) is 32.6 Å². The molecule has 2 heterocycles. The summed E-state index contributed by atoms with van der Waals surface area (Å²) in [5.41, 5.74) is 2.96. The first kappa shape index (κ1) is 21.5. The predicted molar refractivity (Wildman–Crippen MR) is 124 cm³/mol. The second-order valence-corrected chi connectivity index (χ2v) is 8.75. The fraction of sp³-hybridized carbons (Fsp3) is 0.385. The fourth-order valence-electron chi connectivity index (χ4n) is 4.75. The molecule has 7 heteroatoms. The lowest BCUT2D eigenvalue weighted by Gasteiger charge is -2.36. The minimum absolute atomic E-state index is 0.0345. The number of carbonyl (C=O) groups excluding carboxylic acids is 2. The number of fused-ring (bicyclic) bond motifs is 3. The van der Waals surface area contributed by atoms with E-state index < -0.39 is 5.82 Å². The number of hydrogen-bond acceptors (Lipinski definition) is 5. The number of carbonyl (C=O) groups is 2. The van der Waals surface area contributed by atoms with Crippen LogP contribution in [0.5, 0.6) is 5.75 Å². The Kier molecular flexibility index (Phi) is 5.79. The van der Waals surface area contributed by atoms with Gasteiger partial charge in [0, 0.05) is 49.1 Å². The first-order chi connectivity index (χ1) is 16.0. The molecule has 0 saturated carbocycles. The third kappa shape index (κ3) is 4.32.